The van der Waals surface area contributed by atoms with E-state index >= 15 is 0 Å². The van der Waals surface area contributed by atoms with Crippen molar-refractivity contribution >= 4 is 22.4 Å². The van der Waals surface area contributed by atoms with Crippen LogP contribution in [-0.2, 0) is 16.1 Å². The van der Waals surface area contributed by atoms with Crippen molar-refractivity contribution in [2.45, 2.75) is 32.9 Å². The van der Waals surface area contributed by atoms with Crippen LogP contribution in [0.2, 0.25) is 0 Å². The minimum atomic E-state index is -0.199. The van der Waals surface area contributed by atoms with Gasteiger partial charge in [0.2, 0.25) is 5.91 Å². The van der Waals surface area contributed by atoms with Gasteiger partial charge in [0.1, 0.15) is 6.04 Å². The van der Waals surface area contributed by atoms with Gasteiger partial charge in [0.05, 0.1) is 13.2 Å². The Bertz CT molecular complexity index is 452. The topological polar surface area (TPSA) is 66.5 Å². The van der Waals surface area contributed by atoms with Crippen LogP contribution in [0.5, 0.6) is 0 Å². The molecule has 118 valence electrons. The van der Waals surface area contributed by atoms with Crippen LogP contribution >= 0.6 is 11.3 Å². The Morgan fingerprint density at radius 2 is 2.43 bits per heavy atom. The highest BCUT2D eigenvalue weighted by Gasteiger charge is 2.29. The summed E-state index contributed by atoms with van der Waals surface area (Å²) in [5, 5.41) is 7.11. The van der Waals surface area contributed by atoms with E-state index in [1.165, 1.54) is 4.88 Å². The standard InChI is InChI=1S/C14H24N4O2S/c1-3-5-16-13(19)12-10-20-7-6-18(12)9-11-8-17-14(21-11)15-4-2/h8,12H,3-7,9-10H2,1-2H3,(H,15,17)(H,16,19). The van der Waals surface area contributed by atoms with Crippen LogP contribution in [0, 0.1) is 0 Å². The maximum absolute atomic E-state index is 12.2. The summed E-state index contributed by atoms with van der Waals surface area (Å²) in [5.74, 6) is 0.0629. The van der Waals surface area contributed by atoms with Gasteiger partial charge in [0.15, 0.2) is 5.13 Å². The summed E-state index contributed by atoms with van der Waals surface area (Å²) in [6, 6.07) is -0.199. The van der Waals surface area contributed by atoms with Crippen LogP contribution in [0.25, 0.3) is 0 Å². The van der Waals surface area contributed by atoms with Gasteiger partial charge >= 0.3 is 0 Å². The molecule has 2 rings (SSSR count). The second kappa shape index (κ2) is 8.31. The Balaban J connectivity index is 1.95. The lowest BCUT2D eigenvalue weighted by atomic mass is 10.2. The molecule has 1 unspecified atom stereocenters. The summed E-state index contributed by atoms with van der Waals surface area (Å²) in [7, 11) is 0. The molecule has 2 heterocycles. The minimum absolute atomic E-state index is 0.0629. The molecule has 21 heavy (non-hydrogen) atoms. The lowest BCUT2D eigenvalue weighted by Gasteiger charge is -2.34. The quantitative estimate of drug-likeness (QED) is 0.794. The fraction of sp³-hybridized carbons (Fsp3) is 0.714. The third-order valence-corrected chi connectivity index (χ3v) is 4.27. The Labute approximate surface area is 129 Å². The molecule has 0 saturated carbocycles. The van der Waals surface area contributed by atoms with Crippen molar-refractivity contribution in [1.82, 2.24) is 15.2 Å². The molecule has 1 fully saturated rings. The van der Waals surface area contributed by atoms with E-state index in [1.807, 2.05) is 6.20 Å². The number of nitrogens with one attached hydrogen (secondary N) is 2. The van der Waals surface area contributed by atoms with Crippen LogP contribution < -0.4 is 10.6 Å². The van der Waals surface area contributed by atoms with Crippen molar-refractivity contribution in [1.29, 1.82) is 0 Å². The van der Waals surface area contributed by atoms with Crippen molar-refractivity contribution < 1.29 is 9.53 Å². The highest BCUT2D eigenvalue weighted by molar-refractivity contribution is 7.15. The molecule has 0 bridgehead atoms. The average molecular weight is 312 g/mol. The van der Waals surface area contributed by atoms with Gasteiger partial charge in [-0.2, -0.15) is 0 Å². The van der Waals surface area contributed by atoms with E-state index in [1.54, 1.807) is 11.3 Å². The van der Waals surface area contributed by atoms with E-state index in [2.05, 4.69) is 34.4 Å². The van der Waals surface area contributed by atoms with Crippen LogP contribution in [0.3, 0.4) is 0 Å². The van der Waals surface area contributed by atoms with E-state index in [-0.39, 0.29) is 11.9 Å². The summed E-state index contributed by atoms with van der Waals surface area (Å²) >= 11 is 1.65. The number of nitrogens with zero attached hydrogens (tertiary/aromatic N) is 2. The normalized spacial score (nSPS) is 19.4. The molecule has 0 aromatic carbocycles. The Morgan fingerprint density at radius 3 is 3.19 bits per heavy atom. The second-order valence-corrected chi connectivity index (χ2v) is 6.13. The van der Waals surface area contributed by atoms with Gasteiger partial charge in [0.25, 0.3) is 0 Å². The van der Waals surface area contributed by atoms with E-state index in [9.17, 15) is 4.79 Å². The molecule has 1 aliphatic heterocycles. The molecular weight excluding hydrogens is 288 g/mol. The molecule has 1 atom stereocenters. The van der Waals surface area contributed by atoms with E-state index < -0.39 is 0 Å². The van der Waals surface area contributed by atoms with E-state index in [0.717, 1.165) is 31.2 Å². The van der Waals surface area contributed by atoms with Gasteiger partial charge in [-0.1, -0.05) is 6.92 Å². The molecule has 2 N–H and O–H groups in total. The maximum atomic E-state index is 12.2. The predicted octanol–water partition coefficient (Wildman–Crippen LogP) is 1.30. The fourth-order valence-electron chi connectivity index (χ4n) is 2.25. The SMILES string of the molecule is CCCNC(=O)C1COCCN1Cc1cnc(NCC)s1. The number of aromatic nitrogens is 1. The van der Waals surface area contributed by atoms with E-state index in [4.69, 9.17) is 4.74 Å². The van der Waals surface area contributed by atoms with Gasteiger partial charge in [-0.3, -0.25) is 9.69 Å². The number of rotatable bonds is 7. The summed E-state index contributed by atoms with van der Waals surface area (Å²) < 4.78 is 5.47. The number of hydrogen-bond donors (Lipinski definition) is 2. The van der Waals surface area contributed by atoms with E-state index in [0.29, 0.717) is 19.8 Å². The molecule has 0 spiro atoms. The number of carbonyl (C=O) groups is 1. The number of carbonyl (C=O) groups excluding carboxylic acids is 1. The summed E-state index contributed by atoms with van der Waals surface area (Å²) in [6.45, 7) is 8.35. The summed E-state index contributed by atoms with van der Waals surface area (Å²) in [4.78, 5) is 19.9. The van der Waals surface area contributed by atoms with Gasteiger partial charge in [0, 0.05) is 37.3 Å². The molecule has 1 aromatic heterocycles. The summed E-state index contributed by atoms with van der Waals surface area (Å²) in [6.07, 6.45) is 2.83. The average Bonchev–Trinajstić information content (AvgIpc) is 2.93. The summed E-state index contributed by atoms with van der Waals surface area (Å²) in [5.41, 5.74) is 0. The largest absolute Gasteiger partial charge is 0.378 e. The monoisotopic (exact) mass is 312 g/mol. The first-order valence-electron chi connectivity index (χ1n) is 7.52. The Hall–Kier alpha value is -1.18. The molecule has 1 aromatic rings. The molecule has 6 nitrogen and oxygen atoms in total. The number of thiazole rings is 1. The number of ether oxygens (including phenoxy) is 1. The van der Waals surface area contributed by atoms with Crippen molar-refractivity contribution in [3.63, 3.8) is 0 Å². The van der Waals surface area contributed by atoms with Crippen molar-refractivity contribution in [3.8, 4) is 0 Å². The predicted molar refractivity (Wildman–Crippen MR) is 84.6 cm³/mol. The lowest BCUT2D eigenvalue weighted by molar-refractivity contribution is -0.132. The van der Waals surface area contributed by atoms with Crippen LogP contribution in [0.4, 0.5) is 5.13 Å². The molecule has 1 saturated heterocycles. The van der Waals surface area contributed by atoms with Gasteiger partial charge < -0.3 is 15.4 Å². The molecular formula is C14H24N4O2S. The first kappa shape index (κ1) is 16.2. The fourth-order valence-corrected chi connectivity index (χ4v) is 3.15. The van der Waals surface area contributed by atoms with Crippen LogP contribution in [0.1, 0.15) is 25.1 Å². The lowest BCUT2D eigenvalue weighted by Crippen LogP contribution is -2.53. The first-order valence-corrected chi connectivity index (χ1v) is 8.34. The Kier molecular flexibility index (Phi) is 6.41. The highest BCUT2D eigenvalue weighted by Crippen LogP contribution is 2.21. The maximum Gasteiger partial charge on any atom is 0.239 e. The molecule has 1 amide bonds. The van der Waals surface area contributed by atoms with Crippen LogP contribution in [0.15, 0.2) is 6.20 Å². The molecule has 0 radical (unpaired) electrons. The zero-order valence-electron chi connectivity index (χ0n) is 12.7. The molecule has 7 heteroatoms. The number of anilines is 1. The van der Waals surface area contributed by atoms with Gasteiger partial charge in [-0.15, -0.1) is 11.3 Å². The number of morpholine rings is 1. The third kappa shape index (κ3) is 4.66. The highest BCUT2D eigenvalue weighted by atomic mass is 32.1. The Morgan fingerprint density at radius 1 is 1.57 bits per heavy atom. The molecule has 1 aliphatic rings. The van der Waals surface area contributed by atoms with Crippen molar-refractivity contribution in [3.05, 3.63) is 11.1 Å². The zero-order valence-corrected chi connectivity index (χ0v) is 13.5. The van der Waals surface area contributed by atoms with Crippen molar-refractivity contribution in [2.75, 3.05) is 38.2 Å². The van der Waals surface area contributed by atoms with Crippen LogP contribution in [-0.4, -0.2) is 54.7 Å². The molecule has 0 aliphatic carbocycles. The van der Waals surface area contributed by atoms with Gasteiger partial charge in [-0.05, 0) is 13.3 Å². The minimum Gasteiger partial charge on any atom is -0.378 e. The van der Waals surface area contributed by atoms with Gasteiger partial charge in [-0.25, -0.2) is 4.98 Å². The zero-order chi connectivity index (χ0) is 15.1. The number of amides is 1. The second-order valence-electron chi connectivity index (χ2n) is 5.01. The van der Waals surface area contributed by atoms with Crippen molar-refractivity contribution in [2.24, 2.45) is 0 Å². The smallest absolute Gasteiger partial charge is 0.239 e. The third-order valence-electron chi connectivity index (χ3n) is 3.33. The number of hydrogen-bond acceptors (Lipinski definition) is 6. The first-order chi connectivity index (χ1) is 10.2.